The number of carboxylic acids is 1. The van der Waals surface area contributed by atoms with Crippen molar-refractivity contribution < 1.29 is 24.1 Å². The molecular weight excluding hydrogens is 782 g/mol. The lowest BCUT2D eigenvalue weighted by Crippen LogP contribution is -2.64. The van der Waals surface area contributed by atoms with Gasteiger partial charge in [0.15, 0.2) is 22.5 Å². The van der Waals surface area contributed by atoms with Gasteiger partial charge in [0, 0.05) is 54.2 Å². The molecule has 4 aromatic heterocycles. The number of aromatic nitrogens is 6. The van der Waals surface area contributed by atoms with E-state index < -0.39 is 5.97 Å². The third-order valence-electron chi connectivity index (χ3n) is 13.7. The predicted octanol–water partition coefficient (Wildman–Crippen LogP) is 8.47. The summed E-state index contributed by atoms with van der Waals surface area (Å²) in [4.78, 5) is 26.5. The van der Waals surface area contributed by atoms with E-state index in [1.165, 1.54) is 23.8 Å². The number of pyridine rings is 1. The minimum Gasteiger partial charge on any atom is -0.476 e. The van der Waals surface area contributed by atoms with Crippen LogP contribution in [-0.4, -0.2) is 96.5 Å². The number of unbranched alkanes of at least 4 members (excludes halogenated alkanes) is 1. The topological polar surface area (TPSA) is 155 Å². The van der Waals surface area contributed by atoms with E-state index >= 15 is 0 Å². The lowest BCUT2D eigenvalue weighted by Gasteiger charge is -2.69. The van der Waals surface area contributed by atoms with Crippen molar-refractivity contribution in [2.75, 3.05) is 50.1 Å². The van der Waals surface area contributed by atoms with Crippen LogP contribution >= 0.6 is 11.3 Å². The van der Waals surface area contributed by atoms with Gasteiger partial charge in [-0.25, -0.2) is 19.2 Å². The molecule has 2 unspecified atom stereocenters. The number of ether oxygens (including phenoxy) is 1. The lowest BCUT2D eigenvalue weighted by molar-refractivity contribution is -0.248. The number of anilines is 4. The Bertz CT molecular complexity index is 2430. The Morgan fingerprint density at radius 1 is 1.00 bits per heavy atom. The summed E-state index contributed by atoms with van der Waals surface area (Å²) in [5.41, 5.74) is 4.94. The number of nitrogens with one attached hydrogen (secondary N) is 1. The highest BCUT2D eigenvalue weighted by Gasteiger charge is 2.66. The van der Waals surface area contributed by atoms with Gasteiger partial charge in [-0.1, -0.05) is 31.3 Å². The molecule has 3 N–H and O–H groups in total. The zero-order valence-electron chi connectivity index (χ0n) is 35.4. The number of hydrogen-bond acceptors (Lipinski definition) is 12. The van der Waals surface area contributed by atoms with Crippen LogP contribution in [0.3, 0.4) is 0 Å². The Morgan fingerprint density at radius 2 is 1.80 bits per heavy atom. The van der Waals surface area contributed by atoms with E-state index in [1.54, 1.807) is 18.3 Å². The van der Waals surface area contributed by atoms with E-state index in [4.69, 9.17) is 14.8 Å². The fraction of sp³-hybridized carbons (Fsp3) is 0.556. The van der Waals surface area contributed by atoms with E-state index in [0.29, 0.717) is 51.5 Å². The number of benzene rings is 1. The first-order valence-electron chi connectivity index (χ1n) is 21.4. The van der Waals surface area contributed by atoms with Crippen molar-refractivity contribution in [1.82, 2.24) is 34.8 Å². The molecule has 5 aliphatic rings. The number of thiazole rings is 1. The summed E-state index contributed by atoms with van der Waals surface area (Å²) in [5.74, 6) is 0.268. The standard InChI is InChI=1S/C45H56FN9O4S/c1-28-30-10-9-16-54(39(30)52-51-38(28)50-41-48-34-12-8-11-33(46)37(34)60-41)35-14-13-31(36(49-35)40(57)58)32-20-47-55(29(32)2)27-44-22-42(3)21-43(4,23-44)25-45(24-42,26-44)59-19-17-53(5)15-6-7-18-56/h8,11-14,20,56H,6-7,9-10,15-19,21-27H2,1-5H3,(H,57,58)(H,48,50,51). The Morgan fingerprint density at radius 3 is 2.55 bits per heavy atom. The van der Waals surface area contributed by atoms with Crippen LogP contribution < -0.4 is 10.2 Å². The zero-order chi connectivity index (χ0) is 42.0. The summed E-state index contributed by atoms with van der Waals surface area (Å²) in [5, 5.41) is 37.6. The molecule has 13 nitrogen and oxygen atoms in total. The maximum Gasteiger partial charge on any atom is 0.355 e. The maximum atomic E-state index is 14.4. The normalized spacial score (nSPS) is 25.7. The number of halogens is 1. The van der Waals surface area contributed by atoms with Crippen molar-refractivity contribution in [3.8, 4) is 11.1 Å². The van der Waals surface area contributed by atoms with Gasteiger partial charge in [0.1, 0.15) is 11.6 Å². The van der Waals surface area contributed by atoms with Crippen LogP contribution in [0.25, 0.3) is 21.3 Å². The highest BCUT2D eigenvalue weighted by Crippen LogP contribution is 2.72. The Balaban J connectivity index is 0.948. The number of carboxylic acid groups (broad SMARTS) is 1. The number of rotatable bonds is 15. The van der Waals surface area contributed by atoms with Gasteiger partial charge in [0.2, 0.25) is 0 Å². The number of nitrogens with zero attached hydrogens (tertiary/aromatic N) is 8. The van der Waals surface area contributed by atoms with Gasteiger partial charge in [0.05, 0.1) is 28.6 Å². The molecule has 0 saturated heterocycles. The van der Waals surface area contributed by atoms with Crippen molar-refractivity contribution in [3.63, 3.8) is 0 Å². The molecule has 4 bridgehead atoms. The number of carbonyl (C=O) groups is 1. The summed E-state index contributed by atoms with van der Waals surface area (Å²) >= 11 is 1.23. The fourth-order valence-electron chi connectivity index (χ4n) is 12.3. The molecule has 0 radical (unpaired) electrons. The fourth-order valence-corrected chi connectivity index (χ4v) is 13.2. The van der Waals surface area contributed by atoms with E-state index in [-0.39, 0.29) is 40.0 Å². The van der Waals surface area contributed by atoms with Gasteiger partial charge in [-0.15, -0.1) is 10.2 Å². The SMILES string of the molecule is Cc1c(Nc2nc3cccc(F)c3s2)nnc2c1CCCN2c1ccc(-c2cnn(CC34CC5(C)CC(C)(C3)CC(OCCN(C)CCCCO)(C5)C4)c2C)c(C(=O)O)n1. The number of hydrogen-bond donors (Lipinski definition) is 3. The third-order valence-corrected chi connectivity index (χ3v) is 14.7. The maximum absolute atomic E-state index is 14.4. The van der Waals surface area contributed by atoms with Crippen LogP contribution in [0.2, 0.25) is 0 Å². The molecule has 10 rings (SSSR count). The van der Waals surface area contributed by atoms with E-state index in [2.05, 4.69) is 51.0 Å². The molecule has 15 heteroatoms. The molecule has 4 aliphatic carbocycles. The largest absolute Gasteiger partial charge is 0.476 e. The molecule has 5 aromatic rings. The Hall–Kier alpha value is -4.57. The highest BCUT2D eigenvalue weighted by molar-refractivity contribution is 7.22. The second-order valence-corrected chi connectivity index (χ2v) is 20.1. The van der Waals surface area contributed by atoms with Crippen LogP contribution in [0.4, 0.5) is 27.0 Å². The minimum absolute atomic E-state index is 0.0274. The van der Waals surface area contributed by atoms with Crippen molar-refractivity contribution in [3.05, 3.63) is 64.9 Å². The zero-order valence-corrected chi connectivity index (χ0v) is 36.2. The van der Waals surface area contributed by atoms with Gasteiger partial charge >= 0.3 is 5.97 Å². The molecular formula is C45H56FN9O4S. The summed E-state index contributed by atoms with van der Waals surface area (Å²) in [7, 11) is 2.13. The molecule has 0 amide bonds. The quantitative estimate of drug-likeness (QED) is 0.0867. The average Bonchev–Trinajstić information content (AvgIpc) is 3.76. The second kappa shape index (κ2) is 15.4. The minimum atomic E-state index is -1.11. The Labute approximate surface area is 354 Å². The van der Waals surface area contributed by atoms with Crippen molar-refractivity contribution >= 4 is 50.1 Å². The summed E-state index contributed by atoms with van der Waals surface area (Å²) in [6.45, 7) is 13.1. The number of likely N-dealkylation sites (N-methyl/N-ethyl adjacent to an activating group) is 1. The first kappa shape index (κ1) is 40.8. The monoisotopic (exact) mass is 837 g/mol. The lowest BCUT2D eigenvalue weighted by atomic mass is 9.39. The summed E-state index contributed by atoms with van der Waals surface area (Å²) in [6.07, 6.45) is 11.9. The molecule has 1 aliphatic heterocycles. The molecule has 60 heavy (non-hydrogen) atoms. The van der Waals surface area contributed by atoms with E-state index in [9.17, 15) is 19.4 Å². The van der Waals surface area contributed by atoms with E-state index in [1.807, 2.05) is 30.9 Å². The molecule has 318 valence electrons. The van der Waals surface area contributed by atoms with Crippen molar-refractivity contribution in [2.45, 2.75) is 104 Å². The van der Waals surface area contributed by atoms with Gasteiger partial charge in [-0.05, 0) is 132 Å². The van der Waals surface area contributed by atoms with Crippen LogP contribution in [0, 0.1) is 35.9 Å². The molecule has 2 atom stereocenters. The second-order valence-electron chi connectivity index (χ2n) is 19.1. The first-order chi connectivity index (χ1) is 28.7. The van der Waals surface area contributed by atoms with Crippen LogP contribution in [0.1, 0.15) is 98.9 Å². The average molecular weight is 838 g/mol. The number of aliphatic hydroxyl groups is 1. The Kier molecular flexibility index (Phi) is 10.5. The van der Waals surface area contributed by atoms with Crippen molar-refractivity contribution in [2.24, 2.45) is 16.2 Å². The molecule has 0 spiro atoms. The first-order valence-corrected chi connectivity index (χ1v) is 22.2. The van der Waals surface area contributed by atoms with Gasteiger partial charge in [-0.3, -0.25) is 4.68 Å². The smallest absolute Gasteiger partial charge is 0.355 e. The van der Waals surface area contributed by atoms with Gasteiger partial charge in [-0.2, -0.15) is 5.10 Å². The summed E-state index contributed by atoms with van der Waals surface area (Å²) < 4.78 is 23.9. The summed E-state index contributed by atoms with van der Waals surface area (Å²) in [6, 6.07) is 8.58. The van der Waals surface area contributed by atoms with Crippen LogP contribution in [0.5, 0.6) is 0 Å². The predicted molar refractivity (Wildman–Crippen MR) is 231 cm³/mol. The van der Waals surface area contributed by atoms with Gasteiger partial charge in [0.25, 0.3) is 0 Å². The van der Waals surface area contributed by atoms with Crippen LogP contribution in [-0.2, 0) is 17.7 Å². The van der Waals surface area contributed by atoms with Crippen molar-refractivity contribution in [1.29, 1.82) is 0 Å². The molecule has 1 aromatic carbocycles. The van der Waals surface area contributed by atoms with E-state index in [0.717, 1.165) is 99.8 Å². The number of fused-ring (bicyclic) bond motifs is 2. The third kappa shape index (κ3) is 7.55. The molecule has 5 heterocycles. The molecule has 4 fully saturated rings. The van der Waals surface area contributed by atoms with Gasteiger partial charge < -0.3 is 30.1 Å². The number of aliphatic hydroxyl groups excluding tert-OH is 1. The molecule has 4 saturated carbocycles. The number of aromatic carboxylic acids is 1. The van der Waals surface area contributed by atoms with Crippen LogP contribution in [0.15, 0.2) is 36.5 Å². The highest BCUT2D eigenvalue weighted by atomic mass is 32.1.